The minimum Gasteiger partial charge on any atom is -0.490 e. The van der Waals surface area contributed by atoms with Crippen LogP contribution < -0.4 is 31.7 Å². The molecule has 27 heteroatoms. The van der Waals surface area contributed by atoms with Gasteiger partial charge in [0.15, 0.2) is 0 Å². The Balaban J connectivity index is 0.870. The number of carbonyl (C=O) groups excluding carboxylic acids is 9. The van der Waals surface area contributed by atoms with Crippen LogP contribution in [0.4, 0.5) is 0 Å². The summed E-state index contributed by atoms with van der Waals surface area (Å²) in [4.78, 5) is 153. The van der Waals surface area contributed by atoms with Crippen LogP contribution in [0.1, 0.15) is 130 Å². The van der Waals surface area contributed by atoms with Gasteiger partial charge >= 0.3 is 7.60 Å². The summed E-state index contributed by atoms with van der Waals surface area (Å²) in [6, 6.07) is 12.0. The first-order valence-electron chi connectivity index (χ1n) is 28.8. The number of H-pyrrole nitrogens is 1. The minimum absolute atomic E-state index is 0.00177. The summed E-state index contributed by atoms with van der Waals surface area (Å²) >= 11 is 8.46. The lowest BCUT2D eigenvalue weighted by Gasteiger charge is -2.38. The third-order valence-corrected chi connectivity index (χ3v) is 18.3. The van der Waals surface area contributed by atoms with Gasteiger partial charge in [-0.1, -0.05) is 68.8 Å². The third kappa shape index (κ3) is 16.0. The molecule has 10 N–H and O–H groups in total. The van der Waals surface area contributed by atoms with Crippen LogP contribution in [0.25, 0.3) is 21.3 Å². The zero-order valence-electron chi connectivity index (χ0n) is 49.2. The molecule has 8 rings (SSSR count). The second-order valence-electron chi connectivity index (χ2n) is 23.6. The van der Waals surface area contributed by atoms with Crippen LogP contribution in [-0.4, -0.2) is 161 Å². The molecule has 0 saturated carbocycles. The van der Waals surface area contributed by atoms with Crippen LogP contribution >= 0.6 is 30.5 Å². The highest BCUT2D eigenvalue weighted by Crippen LogP contribution is 2.40. The predicted molar refractivity (Wildman–Crippen MR) is 323 cm³/mol. The molecule has 466 valence electrons. The van der Waals surface area contributed by atoms with E-state index in [9.17, 15) is 62.6 Å². The van der Waals surface area contributed by atoms with Gasteiger partial charge in [0.25, 0.3) is 11.4 Å². The quantitative estimate of drug-likeness (QED) is 0.0420. The summed E-state index contributed by atoms with van der Waals surface area (Å²) in [5, 5.41) is 22.8. The number of nitrogens with one attached hydrogen (secondary N) is 5. The molecule has 0 aliphatic carbocycles. The lowest BCUT2D eigenvalue weighted by atomic mass is 9.85. The fraction of sp³-hybridized carbons (Fsp3) is 0.467. The zero-order chi connectivity index (χ0) is 63.2. The van der Waals surface area contributed by atoms with Gasteiger partial charge in [0.2, 0.25) is 41.4 Å². The van der Waals surface area contributed by atoms with Crippen LogP contribution in [0.5, 0.6) is 5.75 Å². The summed E-state index contributed by atoms with van der Waals surface area (Å²) < 4.78 is 17.8. The average Bonchev–Trinajstić information content (AvgIpc) is 2.34. The van der Waals surface area contributed by atoms with Gasteiger partial charge in [-0.15, -0.1) is 11.3 Å². The van der Waals surface area contributed by atoms with E-state index in [4.69, 9.17) is 22.1 Å². The van der Waals surface area contributed by atoms with Crippen molar-refractivity contribution in [2.24, 2.45) is 11.1 Å². The fourth-order valence-corrected chi connectivity index (χ4v) is 12.9. The highest BCUT2D eigenvalue weighted by Gasteiger charge is 2.47. The van der Waals surface area contributed by atoms with E-state index in [2.05, 4.69) is 31.2 Å². The van der Waals surface area contributed by atoms with E-state index >= 15 is 0 Å². The SMILES string of the molecule is CC(=O)N1CC[C@H]2CC[C@@H](C(=O)N[C@@H](CCC(N)=O)COc3cccc(CCCC(=O)N[C@H](C(=O)N4C[C@@H](O)C[C@H]4C(=O)N[C@@H](C)c4ccc(-c5scnc5C)cc4)C(C)(C)C)c3Cl)N2C(=O)[C@@H](NC(=O)c2cc3cc(C(=O)P(=O)(O)O)ccc3[nH]2)C1. The van der Waals surface area contributed by atoms with Crippen molar-refractivity contribution >= 4 is 94.2 Å². The number of thiazole rings is 1. The average molecular weight is 1260 g/mol. The van der Waals surface area contributed by atoms with Crippen LogP contribution in [0.15, 0.2) is 72.2 Å². The number of rotatable bonds is 22. The van der Waals surface area contributed by atoms with Crippen LogP contribution in [0.3, 0.4) is 0 Å². The summed E-state index contributed by atoms with van der Waals surface area (Å²) in [6.45, 7) is 10.3. The molecule has 87 heavy (non-hydrogen) atoms. The Bertz CT molecular complexity index is 3490. The Hall–Kier alpha value is -7.54. The zero-order valence-corrected chi connectivity index (χ0v) is 51.6. The molecular formula is C60H74ClN10O14PS. The predicted octanol–water partition coefficient (Wildman–Crippen LogP) is 4.80. The molecule has 8 amide bonds. The molecule has 3 fully saturated rings. The number of aryl methyl sites for hydroxylation is 2. The molecule has 0 radical (unpaired) electrons. The van der Waals surface area contributed by atoms with Gasteiger partial charge in [-0.3, -0.25) is 47.7 Å². The summed E-state index contributed by atoms with van der Waals surface area (Å²) in [6.07, 6.45) is 0.592. The molecule has 24 nitrogen and oxygen atoms in total. The van der Waals surface area contributed by atoms with Crippen LogP contribution in [0, 0.1) is 12.3 Å². The van der Waals surface area contributed by atoms with E-state index in [0.29, 0.717) is 36.8 Å². The Kier molecular flexibility index (Phi) is 20.8. The van der Waals surface area contributed by atoms with Gasteiger partial charge in [0, 0.05) is 68.3 Å². The number of hydrogen-bond acceptors (Lipinski definition) is 14. The smallest absolute Gasteiger partial charge is 0.396 e. The molecule has 3 aliphatic rings. The fourth-order valence-electron chi connectivity index (χ4n) is 11.4. The van der Waals surface area contributed by atoms with Crippen molar-refractivity contribution in [1.29, 1.82) is 0 Å². The maximum Gasteiger partial charge on any atom is 0.396 e. The lowest BCUT2D eigenvalue weighted by molar-refractivity contribution is -0.145. The number of primary amides is 1. The van der Waals surface area contributed by atoms with E-state index in [1.54, 1.807) is 55.8 Å². The molecule has 0 unspecified atom stereocenters. The molecule has 2 aromatic heterocycles. The van der Waals surface area contributed by atoms with Gasteiger partial charge < -0.3 is 66.3 Å². The van der Waals surface area contributed by atoms with Gasteiger partial charge in [-0.2, -0.15) is 0 Å². The number of carbonyl (C=O) groups is 9. The van der Waals surface area contributed by atoms with Crippen molar-refractivity contribution in [1.82, 2.24) is 45.9 Å². The molecule has 5 aromatic rings. The number of aromatic nitrogens is 2. The number of hydrogen-bond donors (Lipinski definition) is 9. The number of fused-ring (bicyclic) bond motifs is 2. The molecule has 0 bridgehead atoms. The number of ether oxygens (including phenoxy) is 1. The number of aromatic amines is 1. The van der Waals surface area contributed by atoms with Gasteiger partial charge in [0.05, 0.1) is 39.3 Å². The first-order chi connectivity index (χ1) is 41.1. The minimum atomic E-state index is -5.10. The largest absolute Gasteiger partial charge is 0.490 e. The Morgan fingerprint density at radius 2 is 1.66 bits per heavy atom. The number of β-amino-alcohol motifs (C(OH)–C–C–N with tert-alkyl or cyclic N) is 1. The number of nitrogens with two attached hydrogens (primary N) is 1. The molecule has 3 aromatic carbocycles. The Labute approximate surface area is 511 Å². The number of halogens is 1. The first kappa shape index (κ1) is 65.4. The number of likely N-dealkylation sites (tertiary alicyclic amines) is 1. The highest BCUT2D eigenvalue weighted by atomic mass is 35.5. The number of aliphatic hydroxyl groups is 1. The molecule has 8 atom stereocenters. The normalized spacial score (nSPS) is 20.0. The van der Waals surface area contributed by atoms with Crippen molar-refractivity contribution in [2.45, 2.75) is 148 Å². The summed E-state index contributed by atoms with van der Waals surface area (Å²) in [5.74, 6) is -4.02. The number of nitrogens with zero attached hydrogens (tertiary/aromatic N) is 4. The van der Waals surface area contributed by atoms with E-state index in [0.717, 1.165) is 21.7 Å². The summed E-state index contributed by atoms with van der Waals surface area (Å²) in [7, 11) is -5.10. The standard InChI is InChI=1S/C60H74ClN10O14PS/c1-32(35-13-15-37(16-14-35)52-33(2)63-31-87-52)64-56(78)47-27-42(73)28-70(47)58(80)53(60(4,5)6)68-50(75)12-8-10-36-9-7-11-48(51(36)61)85-30-40(18-22-49(62)74)65-55(77)46-21-19-41-23-24-69(34(3)72)29-45(57(79)71(41)46)67-54(76)44-26-39-25-38(17-20-43(39)66-44)59(81)86(82,83)84/h7,9,11,13-17,20,25-26,31-32,40-42,45-47,53,66,73H,8,10,12,18-19,21-24,27-30H2,1-6H3,(H2,62,74)(H,64,78)(H,65,77)(H,67,76)(H,68,75)(H2,82,83,84)/t32-,40-,41+,42-,45-,46-,47-,53+/m0/s1. The first-order valence-corrected chi connectivity index (χ1v) is 31.6. The maximum absolute atomic E-state index is 14.6. The monoisotopic (exact) mass is 1260 g/mol. The molecule has 0 spiro atoms. The maximum atomic E-state index is 14.6. The Morgan fingerprint density at radius 3 is 2.32 bits per heavy atom. The van der Waals surface area contributed by atoms with Crippen LogP contribution in [-0.2, 0) is 44.5 Å². The number of benzene rings is 3. The topological polar surface area (TPSA) is 353 Å². The van der Waals surface area contributed by atoms with E-state index in [1.165, 1.54) is 45.9 Å². The van der Waals surface area contributed by atoms with Crippen molar-refractivity contribution in [2.75, 3.05) is 26.2 Å². The molecule has 3 aliphatic heterocycles. The van der Waals surface area contributed by atoms with Crippen molar-refractivity contribution in [3.8, 4) is 16.2 Å². The molecular weight excluding hydrogens is 1180 g/mol. The summed E-state index contributed by atoms with van der Waals surface area (Å²) in [5.41, 5.74) is 8.61. The second-order valence-corrected chi connectivity index (χ2v) is 26.3. The van der Waals surface area contributed by atoms with Gasteiger partial charge in [-0.25, -0.2) is 4.98 Å². The Morgan fingerprint density at radius 1 is 0.931 bits per heavy atom. The van der Waals surface area contributed by atoms with Gasteiger partial charge in [0.1, 0.15) is 42.2 Å². The second kappa shape index (κ2) is 27.7. The van der Waals surface area contributed by atoms with Crippen LogP contribution in [0.2, 0.25) is 5.02 Å². The van der Waals surface area contributed by atoms with E-state index < -0.39 is 108 Å². The molecule has 5 heterocycles. The number of amides is 8. The van der Waals surface area contributed by atoms with E-state index in [1.807, 2.05) is 38.1 Å². The van der Waals surface area contributed by atoms with Crippen molar-refractivity contribution in [3.05, 3.63) is 105 Å². The number of aliphatic hydroxyl groups excluding tert-OH is 1. The lowest BCUT2D eigenvalue weighted by Crippen LogP contribution is -2.61. The van der Waals surface area contributed by atoms with Crippen molar-refractivity contribution < 1.29 is 67.3 Å². The molecule has 3 saturated heterocycles. The van der Waals surface area contributed by atoms with Crippen molar-refractivity contribution in [3.63, 3.8) is 0 Å². The third-order valence-electron chi connectivity index (χ3n) is 16.1. The highest BCUT2D eigenvalue weighted by molar-refractivity contribution is 7.70. The van der Waals surface area contributed by atoms with Gasteiger partial charge in [-0.05, 0) is 105 Å². The van der Waals surface area contributed by atoms with E-state index in [-0.39, 0.29) is 91.7 Å².